The Balaban J connectivity index is 1.41. The minimum atomic E-state index is -1.11. The number of aliphatic carboxylic acids is 1. The van der Waals surface area contributed by atoms with Gasteiger partial charge in [0.1, 0.15) is 5.70 Å². The Hall–Kier alpha value is -1.62. The van der Waals surface area contributed by atoms with Crippen molar-refractivity contribution in [1.29, 1.82) is 0 Å². The second-order valence-electron chi connectivity index (χ2n) is 9.07. The summed E-state index contributed by atoms with van der Waals surface area (Å²) in [6, 6.07) is -0.144. The van der Waals surface area contributed by atoms with Crippen LogP contribution in [0.4, 0.5) is 0 Å². The Morgan fingerprint density at radius 3 is 2.53 bits per heavy atom. The SMILES string of the molecule is CC(O)[C@H]1C(=O)N2C(C(=O)O)=C(S[C@@H]3CN[C@H](C(=O)N4CC(N(C)C)C4)C3)[C@H](C)[C@H]12. The predicted molar refractivity (Wildman–Crippen MR) is 111 cm³/mol. The number of hydrogen-bond acceptors (Lipinski definition) is 7. The molecule has 3 N–H and O–H groups in total. The standard InChI is InChI=1S/C20H30N4O5S/c1-9-15-14(10(2)25)19(27)24(15)16(20(28)29)17(9)30-12-5-13(21-6-12)18(26)23-7-11(8-23)22(3)4/h9-15,21,25H,5-8H2,1-4H3,(H,28,29)/t9-,10?,12+,13+,14-,15-/m1/s1. The van der Waals surface area contributed by atoms with Crippen LogP contribution < -0.4 is 5.32 Å². The van der Waals surface area contributed by atoms with Gasteiger partial charge in [0, 0.05) is 41.7 Å². The second kappa shape index (κ2) is 7.81. The molecule has 0 aromatic heterocycles. The van der Waals surface area contributed by atoms with Gasteiger partial charge in [0.25, 0.3) is 0 Å². The van der Waals surface area contributed by atoms with Crippen LogP contribution in [0.1, 0.15) is 20.3 Å². The molecule has 166 valence electrons. The van der Waals surface area contributed by atoms with Gasteiger partial charge in [0.2, 0.25) is 11.8 Å². The number of carboxylic acid groups (broad SMARTS) is 1. The molecule has 1 unspecified atom stereocenters. The lowest BCUT2D eigenvalue weighted by Crippen LogP contribution is -2.63. The molecule has 9 nitrogen and oxygen atoms in total. The first kappa shape index (κ1) is 21.6. The quantitative estimate of drug-likeness (QED) is 0.470. The first-order valence-corrected chi connectivity index (χ1v) is 11.3. The van der Waals surface area contributed by atoms with E-state index in [0.717, 1.165) is 13.1 Å². The summed E-state index contributed by atoms with van der Waals surface area (Å²) in [5.41, 5.74) is 0.0470. The lowest BCUT2D eigenvalue weighted by Gasteiger charge is -2.46. The van der Waals surface area contributed by atoms with Gasteiger partial charge in [-0.15, -0.1) is 11.8 Å². The highest BCUT2D eigenvalue weighted by Gasteiger charge is 2.60. The van der Waals surface area contributed by atoms with E-state index in [9.17, 15) is 24.6 Å². The van der Waals surface area contributed by atoms with Crippen molar-refractivity contribution in [2.45, 2.75) is 49.7 Å². The monoisotopic (exact) mass is 438 g/mol. The number of nitrogens with one attached hydrogen (secondary N) is 1. The smallest absolute Gasteiger partial charge is 0.353 e. The number of likely N-dealkylation sites (tertiary alicyclic amines) is 1. The van der Waals surface area contributed by atoms with Crippen LogP contribution in [0.25, 0.3) is 0 Å². The number of aliphatic hydroxyl groups is 1. The lowest BCUT2D eigenvalue weighted by atomic mass is 9.79. The zero-order valence-corrected chi connectivity index (χ0v) is 18.6. The zero-order chi connectivity index (χ0) is 21.9. The third-order valence-electron chi connectivity index (χ3n) is 6.90. The number of carbonyl (C=O) groups is 3. The highest BCUT2D eigenvalue weighted by atomic mass is 32.2. The summed E-state index contributed by atoms with van der Waals surface area (Å²) in [5.74, 6) is -2.03. The van der Waals surface area contributed by atoms with Crippen LogP contribution in [-0.4, -0.2) is 106 Å². The van der Waals surface area contributed by atoms with Gasteiger partial charge in [-0.25, -0.2) is 4.79 Å². The maximum absolute atomic E-state index is 12.7. The molecule has 3 saturated heterocycles. The molecule has 4 heterocycles. The molecule has 0 saturated carbocycles. The highest BCUT2D eigenvalue weighted by Crippen LogP contribution is 2.51. The van der Waals surface area contributed by atoms with Crippen molar-refractivity contribution in [3.05, 3.63) is 10.6 Å². The van der Waals surface area contributed by atoms with Gasteiger partial charge in [-0.1, -0.05) is 6.92 Å². The number of nitrogens with zero attached hydrogens (tertiary/aromatic N) is 3. The molecule has 30 heavy (non-hydrogen) atoms. The van der Waals surface area contributed by atoms with Crippen molar-refractivity contribution in [3.63, 3.8) is 0 Å². The number of thioether (sulfide) groups is 1. The Kier molecular flexibility index (Phi) is 5.63. The fourth-order valence-corrected chi connectivity index (χ4v) is 6.50. The van der Waals surface area contributed by atoms with Crippen LogP contribution in [0.3, 0.4) is 0 Å². The Morgan fingerprint density at radius 1 is 1.30 bits per heavy atom. The Bertz CT molecular complexity index is 794. The van der Waals surface area contributed by atoms with Crippen molar-refractivity contribution >= 4 is 29.5 Å². The van der Waals surface area contributed by atoms with E-state index in [1.165, 1.54) is 16.7 Å². The van der Waals surface area contributed by atoms with Crippen molar-refractivity contribution < 1.29 is 24.6 Å². The number of fused-ring (bicyclic) bond motifs is 1. The molecule has 4 rings (SSSR count). The summed E-state index contributed by atoms with van der Waals surface area (Å²) < 4.78 is 0. The molecule has 0 spiro atoms. The van der Waals surface area contributed by atoms with E-state index in [4.69, 9.17) is 0 Å². The fourth-order valence-electron chi connectivity index (χ4n) is 5.02. The van der Waals surface area contributed by atoms with Gasteiger partial charge >= 0.3 is 5.97 Å². The second-order valence-corrected chi connectivity index (χ2v) is 10.4. The highest BCUT2D eigenvalue weighted by molar-refractivity contribution is 8.03. The molecule has 0 aromatic carbocycles. The van der Waals surface area contributed by atoms with Crippen LogP contribution in [-0.2, 0) is 14.4 Å². The third-order valence-corrected chi connectivity index (χ3v) is 8.41. The summed E-state index contributed by atoms with van der Waals surface area (Å²) in [7, 11) is 4.03. The van der Waals surface area contributed by atoms with E-state index in [2.05, 4.69) is 10.2 Å². The van der Waals surface area contributed by atoms with Crippen LogP contribution in [0, 0.1) is 11.8 Å². The average molecular weight is 439 g/mol. The van der Waals surface area contributed by atoms with Crippen LogP contribution in [0.5, 0.6) is 0 Å². The number of β-lactam (4-membered cyclic amide) rings is 1. The molecule has 3 fully saturated rings. The van der Waals surface area contributed by atoms with Gasteiger partial charge in [0.15, 0.2) is 0 Å². The summed E-state index contributed by atoms with van der Waals surface area (Å²) in [5, 5.41) is 23.1. The molecule has 0 radical (unpaired) electrons. The van der Waals surface area contributed by atoms with Gasteiger partial charge in [-0.05, 0) is 27.4 Å². The fraction of sp³-hybridized carbons (Fsp3) is 0.750. The van der Waals surface area contributed by atoms with E-state index >= 15 is 0 Å². The number of amides is 2. The number of likely N-dealkylation sites (N-methyl/N-ethyl adjacent to an activating group) is 1. The predicted octanol–water partition coefficient (Wildman–Crippen LogP) is -0.624. The molecule has 0 aliphatic carbocycles. The van der Waals surface area contributed by atoms with Crippen LogP contribution >= 0.6 is 11.8 Å². The van der Waals surface area contributed by atoms with Crippen LogP contribution in [0.2, 0.25) is 0 Å². The summed E-state index contributed by atoms with van der Waals surface area (Å²) in [4.78, 5) is 43.1. The molecule has 2 amide bonds. The third kappa shape index (κ3) is 3.34. The molecular weight excluding hydrogens is 408 g/mol. The van der Waals surface area contributed by atoms with E-state index in [1.807, 2.05) is 25.9 Å². The molecule has 4 aliphatic rings. The molecular formula is C20H30N4O5S. The number of carboxylic acids is 1. The molecule has 6 atom stereocenters. The van der Waals surface area contributed by atoms with E-state index in [1.54, 1.807) is 6.92 Å². The van der Waals surface area contributed by atoms with Gasteiger partial charge < -0.3 is 30.2 Å². The summed E-state index contributed by atoms with van der Waals surface area (Å²) >= 11 is 1.47. The van der Waals surface area contributed by atoms with Crippen LogP contribution in [0.15, 0.2) is 10.6 Å². The maximum atomic E-state index is 12.7. The summed E-state index contributed by atoms with van der Waals surface area (Å²) in [6.45, 7) is 5.60. The first-order valence-electron chi connectivity index (χ1n) is 10.5. The van der Waals surface area contributed by atoms with Crippen molar-refractivity contribution in [1.82, 2.24) is 20.0 Å². The Morgan fingerprint density at radius 2 is 1.97 bits per heavy atom. The van der Waals surface area contributed by atoms with E-state index in [0.29, 0.717) is 23.9 Å². The van der Waals surface area contributed by atoms with Crippen molar-refractivity contribution in [2.75, 3.05) is 33.7 Å². The first-order chi connectivity index (χ1) is 14.1. The van der Waals surface area contributed by atoms with Gasteiger partial charge in [0.05, 0.1) is 24.1 Å². The molecule has 10 heteroatoms. The topological polar surface area (TPSA) is 113 Å². The Labute approximate surface area is 180 Å². The van der Waals surface area contributed by atoms with Gasteiger partial charge in [-0.3, -0.25) is 9.59 Å². The minimum Gasteiger partial charge on any atom is -0.477 e. The van der Waals surface area contributed by atoms with E-state index in [-0.39, 0.29) is 40.8 Å². The van der Waals surface area contributed by atoms with Gasteiger partial charge in [-0.2, -0.15) is 0 Å². The number of aliphatic hydroxyl groups excluding tert-OH is 1. The van der Waals surface area contributed by atoms with E-state index < -0.39 is 18.0 Å². The van der Waals surface area contributed by atoms with Crippen molar-refractivity contribution in [2.24, 2.45) is 11.8 Å². The number of hydrogen-bond donors (Lipinski definition) is 3. The lowest BCUT2D eigenvalue weighted by molar-refractivity contribution is -0.163. The minimum absolute atomic E-state index is 0.0470. The number of carbonyl (C=O) groups excluding carboxylic acids is 2. The summed E-state index contributed by atoms with van der Waals surface area (Å²) in [6.07, 6.45) is -0.174. The largest absolute Gasteiger partial charge is 0.477 e. The number of rotatable bonds is 6. The van der Waals surface area contributed by atoms with Crippen molar-refractivity contribution in [3.8, 4) is 0 Å². The normalized spacial score (nSPS) is 34.9. The molecule has 0 bridgehead atoms. The zero-order valence-electron chi connectivity index (χ0n) is 17.7. The molecule has 0 aromatic rings. The average Bonchev–Trinajstić information content (AvgIpc) is 3.16. The molecule has 4 aliphatic heterocycles. The maximum Gasteiger partial charge on any atom is 0.353 e.